The molecule has 0 aliphatic rings. The fraction of sp³-hybridized carbons (Fsp3) is 0. The molecule has 11 rings (SSSR count). The Bertz CT molecular complexity index is 3040. The zero-order chi connectivity index (χ0) is 31.3. The smallest absolute Gasteiger partial charge is 0.144 e. The van der Waals surface area contributed by atoms with Crippen molar-refractivity contribution in [3.05, 3.63) is 164 Å². The number of aromatic nitrogens is 1. The average molecular weight is 610 g/mol. The van der Waals surface area contributed by atoms with E-state index in [0.29, 0.717) is 0 Å². The van der Waals surface area contributed by atoms with Crippen LogP contribution in [0.2, 0.25) is 0 Å². The van der Waals surface area contributed by atoms with Crippen molar-refractivity contribution < 1.29 is 4.42 Å². The van der Waals surface area contributed by atoms with Gasteiger partial charge < -0.3 is 8.98 Å². The van der Waals surface area contributed by atoms with Crippen molar-refractivity contribution in [1.29, 1.82) is 0 Å². The molecule has 2 heteroatoms. The molecule has 0 saturated heterocycles. The number of benzene rings is 9. The van der Waals surface area contributed by atoms with Gasteiger partial charge in [-0.3, -0.25) is 0 Å². The molecule has 9 aromatic carbocycles. The lowest BCUT2D eigenvalue weighted by atomic mass is 9.86. The molecule has 0 N–H and O–H groups in total. The van der Waals surface area contributed by atoms with Crippen LogP contribution in [0.15, 0.2) is 168 Å². The van der Waals surface area contributed by atoms with Crippen LogP contribution in [0.25, 0.3) is 104 Å². The molecule has 2 heterocycles. The van der Waals surface area contributed by atoms with E-state index in [-0.39, 0.29) is 0 Å². The first-order valence-corrected chi connectivity index (χ1v) is 16.5. The topological polar surface area (TPSA) is 18.1 Å². The van der Waals surface area contributed by atoms with E-state index in [1.165, 1.54) is 70.8 Å². The molecular weight excluding hydrogens is 583 g/mol. The Balaban J connectivity index is 1.34. The molecule has 0 fully saturated rings. The van der Waals surface area contributed by atoms with E-state index in [1.54, 1.807) is 0 Å². The lowest BCUT2D eigenvalue weighted by Gasteiger charge is -2.17. The van der Waals surface area contributed by atoms with Crippen LogP contribution in [0, 0.1) is 0 Å². The van der Waals surface area contributed by atoms with E-state index >= 15 is 0 Å². The molecule has 0 spiro atoms. The Hall–Kier alpha value is -6.38. The maximum atomic E-state index is 6.87. The normalized spacial score (nSPS) is 12.2. The number of hydrogen-bond donors (Lipinski definition) is 0. The van der Waals surface area contributed by atoms with Crippen LogP contribution in [0.4, 0.5) is 0 Å². The van der Waals surface area contributed by atoms with E-state index in [0.717, 1.165) is 33.2 Å². The van der Waals surface area contributed by atoms with Gasteiger partial charge in [-0.2, -0.15) is 0 Å². The molecule has 0 unspecified atom stereocenters. The highest BCUT2D eigenvalue weighted by Crippen LogP contribution is 2.49. The van der Waals surface area contributed by atoms with Gasteiger partial charge >= 0.3 is 0 Å². The summed E-state index contributed by atoms with van der Waals surface area (Å²) in [7, 11) is 0. The maximum absolute atomic E-state index is 6.87. The highest BCUT2D eigenvalue weighted by Gasteiger charge is 2.24. The first kappa shape index (κ1) is 25.8. The standard InChI is InChI=1S/C46H27NO/c1-3-11-28(12-4-1)32-23-19-29-21-25-35-36(26-22-30-20-24-34(32)42(29)43(30)35)45-44-37-16-7-9-17-39(37)47(31-13-5-2-6-14-31)40(44)27-38-33-15-8-10-18-41(33)48-46(38)45/h1-27H. The van der Waals surface area contributed by atoms with Crippen LogP contribution < -0.4 is 0 Å². The molecule has 0 radical (unpaired) electrons. The van der Waals surface area contributed by atoms with Crippen molar-refractivity contribution in [1.82, 2.24) is 4.57 Å². The zero-order valence-corrected chi connectivity index (χ0v) is 25.9. The lowest BCUT2D eigenvalue weighted by molar-refractivity contribution is 0.670. The Morgan fingerprint density at radius 3 is 1.77 bits per heavy atom. The van der Waals surface area contributed by atoms with Crippen LogP contribution in [-0.4, -0.2) is 4.57 Å². The van der Waals surface area contributed by atoms with Crippen LogP contribution in [0.5, 0.6) is 0 Å². The minimum Gasteiger partial charge on any atom is -0.455 e. The summed E-state index contributed by atoms with van der Waals surface area (Å²) in [5.74, 6) is 0. The van der Waals surface area contributed by atoms with Crippen molar-refractivity contribution in [3.63, 3.8) is 0 Å². The molecule has 0 bridgehead atoms. The quantitative estimate of drug-likeness (QED) is 0.182. The number of furan rings is 1. The third-order valence-electron chi connectivity index (χ3n) is 10.3. The number of rotatable bonds is 3. The minimum atomic E-state index is 0.905. The van der Waals surface area contributed by atoms with Gasteiger partial charge in [0, 0.05) is 32.8 Å². The summed E-state index contributed by atoms with van der Waals surface area (Å²) < 4.78 is 9.28. The lowest BCUT2D eigenvalue weighted by Crippen LogP contribution is -1.93. The van der Waals surface area contributed by atoms with Crippen LogP contribution >= 0.6 is 0 Å². The second-order valence-electron chi connectivity index (χ2n) is 12.8. The molecule has 48 heavy (non-hydrogen) atoms. The summed E-state index contributed by atoms with van der Waals surface area (Å²) in [4.78, 5) is 0. The van der Waals surface area contributed by atoms with Gasteiger partial charge in [0.1, 0.15) is 11.2 Å². The first-order valence-electron chi connectivity index (χ1n) is 16.5. The fourth-order valence-corrected chi connectivity index (χ4v) is 8.30. The van der Waals surface area contributed by atoms with Crippen LogP contribution in [0.1, 0.15) is 0 Å². The summed E-state index contributed by atoms with van der Waals surface area (Å²) in [6.07, 6.45) is 0. The summed E-state index contributed by atoms with van der Waals surface area (Å²) in [6, 6.07) is 59.4. The molecule has 11 aromatic rings. The number of hydrogen-bond acceptors (Lipinski definition) is 1. The minimum absolute atomic E-state index is 0.905. The average Bonchev–Trinajstić information content (AvgIpc) is 3.69. The second-order valence-corrected chi connectivity index (χ2v) is 12.8. The van der Waals surface area contributed by atoms with Crippen molar-refractivity contribution in [3.8, 4) is 27.9 Å². The second kappa shape index (κ2) is 9.57. The summed E-state index contributed by atoms with van der Waals surface area (Å²) in [5, 5.41) is 12.3. The van der Waals surface area contributed by atoms with E-state index in [9.17, 15) is 0 Å². The Kier molecular flexibility index (Phi) is 5.14. The molecular formula is C46H27NO. The van der Waals surface area contributed by atoms with Gasteiger partial charge in [0.2, 0.25) is 0 Å². The van der Waals surface area contributed by atoms with Crippen molar-refractivity contribution in [2.75, 3.05) is 0 Å². The van der Waals surface area contributed by atoms with E-state index in [4.69, 9.17) is 4.42 Å². The fourth-order valence-electron chi connectivity index (χ4n) is 8.30. The number of fused-ring (bicyclic) bond motifs is 6. The van der Waals surface area contributed by atoms with Gasteiger partial charge in [-0.25, -0.2) is 0 Å². The molecule has 0 atom stereocenters. The molecule has 0 amide bonds. The molecule has 2 nitrogen and oxygen atoms in total. The monoisotopic (exact) mass is 609 g/mol. The van der Waals surface area contributed by atoms with Gasteiger partial charge in [-0.15, -0.1) is 0 Å². The van der Waals surface area contributed by atoms with E-state index in [1.807, 2.05) is 0 Å². The third-order valence-corrected chi connectivity index (χ3v) is 10.3. The number of para-hydroxylation sites is 3. The number of nitrogens with zero attached hydrogens (tertiary/aromatic N) is 1. The Morgan fingerprint density at radius 1 is 0.396 bits per heavy atom. The van der Waals surface area contributed by atoms with Crippen LogP contribution in [0.3, 0.4) is 0 Å². The van der Waals surface area contributed by atoms with Crippen molar-refractivity contribution >= 4 is 76.1 Å². The summed E-state index contributed by atoms with van der Waals surface area (Å²) in [5.41, 5.74) is 10.2. The SMILES string of the molecule is c1ccc(-c2ccc3ccc4c(-c5c6oc7ccccc7c6cc6c5c5ccccc5n6-c5ccccc5)ccc5ccc2c3c54)cc1. The van der Waals surface area contributed by atoms with Crippen molar-refractivity contribution in [2.24, 2.45) is 0 Å². The van der Waals surface area contributed by atoms with Crippen molar-refractivity contribution in [2.45, 2.75) is 0 Å². The predicted molar refractivity (Wildman–Crippen MR) is 203 cm³/mol. The van der Waals surface area contributed by atoms with Gasteiger partial charge in [0.25, 0.3) is 0 Å². The molecule has 222 valence electrons. The molecule has 0 saturated carbocycles. The zero-order valence-electron chi connectivity index (χ0n) is 25.9. The predicted octanol–water partition coefficient (Wildman–Crippen LogP) is 12.9. The Labute approximate surface area is 276 Å². The summed E-state index contributed by atoms with van der Waals surface area (Å²) >= 11 is 0. The van der Waals surface area contributed by atoms with Gasteiger partial charge in [0.15, 0.2) is 0 Å². The highest BCUT2D eigenvalue weighted by atomic mass is 16.3. The summed E-state index contributed by atoms with van der Waals surface area (Å²) in [6.45, 7) is 0. The maximum Gasteiger partial charge on any atom is 0.144 e. The van der Waals surface area contributed by atoms with Gasteiger partial charge in [-0.05, 0) is 79.3 Å². The molecule has 0 aliphatic carbocycles. The highest BCUT2D eigenvalue weighted by molar-refractivity contribution is 6.32. The van der Waals surface area contributed by atoms with Crippen LogP contribution in [-0.2, 0) is 0 Å². The van der Waals surface area contributed by atoms with Gasteiger partial charge in [-0.1, -0.05) is 133 Å². The molecule has 0 aliphatic heterocycles. The third kappa shape index (κ3) is 3.41. The Morgan fingerprint density at radius 2 is 1.00 bits per heavy atom. The van der Waals surface area contributed by atoms with Gasteiger partial charge in [0.05, 0.1) is 11.0 Å². The van der Waals surface area contributed by atoms with E-state index in [2.05, 4.69) is 168 Å². The molecule has 2 aromatic heterocycles. The largest absolute Gasteiger partial charge is 0.455 e. The van der Waals surface area contributed by atoms with E-state index < -0.39 is 0 Å². The first-order chi connectivity index (χ1) is 23.8.